The highest BCUT2D eigenvalue weighted by Gasteiger charge is 2.15. The molecule has 0 saturated carbocycles. The van der Waals surface area contributed by atoms with Crippen molar-refractivity contribution in [2.24, 2.45) is 0 Å². The van der Waals surface area contributed by atoms with Gasteiger partial charge in [0.15, 0.2) is 5.13 Å². The summed E-state index contributed by atoms with van der Waals surface area (Å²) in [6.07, 6.45) is 7.69. The van der Waals surface area contributed by atoms with Gasteiger partial charge in [0.2, 0.25) is 5.91 Å². The number of ether oxygens (including phenoxy) is 2. The predicted molar refractivity (Wildman–Crippen MR) is 96.0 cm³/mol. The van der Waals surface area contributed by atoms with E-state index in [4.69, 9.17) is 9.47 Å². The van der Waals surface area contributed by atoms with E-state index >= 15 is 0 Å². The molecule has 1 aliphatic rings. The van der Waals surface area contributed by atoms with Gasteiger partial charge in [0.25, 0.3) is 0 Å². The van der Waals surface area contributed by atoms with Crippen LogP contribution in [-0.2, 0) is 17.6 Å². The number of nitrogens with one attached hydrogen (secondary N) is 1. The molecule has 0 spiro atoms. The Kier molecular flexibility index (Phi) is 5.15. The highest BCUT2D eigenvalue weighted by Crippen LogP contribution is 2.29. The van der Waals surface area contributed by atoms with Gasteiger partial charge in [-0.25, -0.2) is 4.98 Å². The Morgan fingerprint density at radius 2 is 2.08 bits per heavy atom. The molecule has 0 radical (unpaired) electrons. The maximum Gasteiger partial charge on any atom is 0.250 e. The zero-order chi connectivity index (χ0) is 16.9. The molecule has 1 aliphatic carbocycles. The first kappa shape index (κ1) is 16.5. The molecule has 5 nitrogen and oxygen atoms in total. The van der Waals surface area contributed by atoms with E-state index in [-0.39, 0.29) is 5.91 Å². The van der Waals surface area contributed by atoms with Gasteiger partial charge in [-0.1, -0.05) is 0 Å². The summed E-state index contributed by atoms with van der Waals surface area (Å²) < 4.78 is 10.5. The van der Waals surface area contributed by atoms with Gasteiger partial charge in [0, 0.05) is 22.6 Å². The fourth-order valence-corrected chi connectivity index (χ4v) is 3.73. The number of rotatable bonds is 5. The van der Waals surface area contributed by atoms with Crippen LogP contribution < -0.4 is 14.8 Å². The number of hydrogen-bond donors (Lipinski definition) is 1. The second kappa shape index (κ2) is 7.49. The minimum absolute atomic E-state index is 0.195. The van der Waals surface area contributed by atoms with Crippen molar-refractivity contribution in [2.45, 2.75) is 25.7 Å². The number of anilines is 1. The minimum atomic E-state index is -0.195. The maximum absolute atomic E-state index is 12.1. The Balaban J connectivity index is 1.68. The Hall–Kier alpha value is -2.34. The molecule has 6 heteroatoms. The van der Waals surface area contributed by atoms with E-state index in [1.54, 1.807) is 37.7 Å². The Bertz CT molecular complexity index is 744. The molecule has 1 aromatic carbocycles. The largest absolute Gasteiger partial charge is 0.497 e. The molecule has 0 unspecified atom stereocenters. The summed E-state index contributed by atoms with van der Waals surface area (Å²) in [6, 6.07) is 5.46. The number of hydrogen-bond acceptors (Lipinski definition) is 5. The Morgan fingerprint density at radius 3 is 2.83 bits per heavy atom. The van der Waals surface area contributed by atoms with Gasteiger partial charge in [0.05, 0.1) is 19.9 Å². The van der Waals surface area contributed by atoms with Gasteiger partial charge >= 0.3 is 0 Å². The van der Waals surface area contributed by atoms with Crippen LogP contribution in [0.25, 0.3) is 6.08 Å². The van der Waals surface area contributed by atoms with Gasteiger partial charge in [-0.2, -0.15) is 0 Å². The maximum atomic E-state index is 12.1. The first-order valence-electron chi connectivity index (χ1n) is 7.89. The molecule has 3 rings (SSSR count). The summed E-state index contributed by atoms with van der Waals surface area (Å²) in [4.78, 5) is 17.9. The number of carbonyl (C=O) groups excluding carboxylic acids is 1. The molecule has 126 valence electrons. The number of benzene rings is 1. The third kappa shape index (κ3) is 3.76. The third-order valence-corrected chi connectivity index (χ3v) is 5.00. The van der Waals surface area contributed by atoms with Gasteiger partial charge in [-0.05, 0) is 43.9 Å². The zero-order valence-electron chi connectivity index (χ0n) is 13.8. The first-order valence-corrected chi connectivity index (χ1v) is 8.71. The number of fused-ring (bicyclic) bond motifs is 1. The van der Waals surface area contributed by atoms with Gasteiger partial charge in [-0.15, -0.1) is 11.3 Å². The monoisotopic (exact) mass is 344 g/mol. The van der Waals surface area contributed by atoms with Crippen molar-refractivity contribution < 1.29 is 14.3 Å². The lowest BCUT2D eigenvalue weighted by molar-refractivity contribution is -0.111. The SMILES string of the molecule is COc1ccc(/C=C/C(=O)Nc2nc3c(s2)CCCC3)c(OC)c1. The molecule has 1 amide bonds. The van der Waals surface area contributed by atoms with Crippen molar-refractivity contribution >= 4 is 28.5 Å². The summed E-state index contributed by atoms with van der Waals surface area (Å²) in [5.74, 6) is 1.17. The molecule has 1 N–H and O–H groups in total. The molecule has 0 atom stereocenters. The summed E-state index contributed by atoms with van der Waals surface area (Å²) in [5.41, 5.74) is 1.95. The molecule has 0 fully saturated rings. The van der Waals surface area contributed by atoms with Crippen molar-refractivity contribution in [3.8, 4) is 11.5 Å². The molecule has 2 aromatic rings. The second-order valence-corrected chi connectivity index (χ2v) is 6.61. The smallest absolute Gasteiger partial charge is 0.250 e. The van der Waals surface area contributed by atoms with Crippen molar-refractivity contribution in [3.05, 3.63) is 40.4 Å². The normalized spacial score (nSPS) is 13.6. The summed E-state index contributed by atoms with van der Waals surface area (Å²) >= 11 is 1.58. The summed E-state index contributed by atoms with van der Waals surface area (Å²) in [5, 5.41) is 3.52. The van der Waals surface area contributed by atoms with Crippen LogP contribution in [0.15, 0.2) is 24.3 Å². The van der Waals surface area contributed by atoms with Crippen LogP contribution in [0.4, 0.5) is 5.13 Å². The van der Waals surface area contributed by atoms with Gasteiger partial charge in [0.1, 0.15) is 11.5 Å². The average molecular weight is 344 g/mol. The molecule has 0 saturated heterocycles. The van der Waals surface area contributed by atoms with Crippen LogP contribution in [0.1, 0.15) is 29.0 Å². The van der Waals surface area contributed by atoms with E-state index in [0.29, 0.717) is 16.6 Å². The lowest BCUT2D eigenvalue weighted by Crippen LogP contribution is -2.07. The number of thiazole rings is 1. The highest BCUT2D eigenvalue weighted by atomic mass is 32.1. The van der Waals surface area contributed by atoms with Crippen LogP contribution in [-0.4, -0.2) is 25.1 Å². The summed E-state index contributed by atoms with van der Waals surface area (Å²) in [7, 11) is 3.19. The van der Waals surface area contributed by atoms with Gasteiger partial charge < -0.3 is 9.47 Å². The number of aryl methyl sites for hydroxylation is 2. The van der Waals surface area contributed by atoms with Crippen LogP contribution in [0.2, 0.25) is 0 Å². The number of nitrogens with zero attached hydrogens (tertiary/aromatic N) is 1. The molecule has 0 bridgehead atoms. The fraction of sp³-hybridized carbons (Fsp3) is 0.333. The van der Waals surface area contributed by atoms with Crippen LogP contribution in [0.3, 0.4) is 0 Å². The molecule has 24 heavy (non-hydrogen) atoms. The summed E-state index contributed by atoms with van der Waals surface area (Å²) in [6.45, 7) is 0. The number of aromatic nitrogens is 1. The standard InChI is InChI=1S/C18H20N2O3S/c1-22-13-9-7-12(15(11-13)23-2)8-10-17(21)20-18-19-14-5-3-4-6-16(14)24-18/h7-11H,3-6H2,1-2H3,(H,19,20,21)/b10-8+. The van der Waals surface area contributed by atoms with E-state index in [2.05, 4.69) is 10.3 Å². The quantitative estimate of drug-likeness (QED) is 0.841. The molecule has 1 heterocycles. The number of methoxy groups -OCH3 is 2. The topological polar surface area (TPSA) is 60.5 Å². The van der Waals surface area contributed by atoms with Crippen LogP contribution in [0.5, 0.6) is 11.5 Å². The number of amides is 1. The molecular weight excluding hydrogens is 324 g/mol. The Labute approximate surface area is 145 Å². The van der Waals surface area contributed by atoms with E-state index in [1.807, 2.05) is 12.1 Å². The van der Waals surface area contributed by atoms with E-state index in [0.717, 1.165) is 24.1 Å². The van der Waals surface area contributed by atoms with Crippen molar-refractivity contribution in [1.29, 1.82) is 0 Å². The highest BCUT2D eigenvalue weighted by molar-refractivity contribution is 7.15. The molecule has 1 aromatic heterocycles. The zero-order valence-corrected chi connectivity index (χ0v) is 14.6. The minimum Gasteiger partial charge on any atom is -0.497 e. The average Bonchev–Trinajstić information content (AvgIpc) is 3.01. The van der Waals surface area contributed by atoms with Crippen molar-refractivity contribution in [2.75, 3.05) is 19.5 Å². The lowest BCUT2D eigenvalue weighted by Gasteiger charge is -2.07. The first-order chi connectivity index (χ1) is 11.7. The van der Waals surface area contributed by atoms with Crippen LogP contribution in [0, 0.1) is 0 Å². The fourth-order valence-electron chi connectivity index (χ4n) is 2.67. The van der Waals surface area contributed by atoms with E-state index < -0.39 is 0 Å². The van der Waals surface area contributed by atoms with E-state index in [1.165, 1.54) is 23.8 Å². The second-order valence-electron chi connectivity index (χ2n) is 5.53. The molecular formula is C18H20N2O3S. The number of carbonyl (C=O) groups is 1. The van der Waals surface area contributed by atoms with Crippen LogP contribution >= 0.6 is 11.3 Å². The molecule has 0 aliphatic heterocycles. The Morgan fingerprint density at radius 1 is 1.25 bits per heavy atom. The lowest BCUT2D eigenvalue weighted by atomic mass is 10.0. The predicted octanol–water partition coefficient (Wildman–Crippen LogP) is 3.69. The van der Waals surface area contributed by atoms with Gasteiger partial charge in [-0.3, -0.25) is 10.1 Å². The van der Waals surface area contributed by atoms with Crippen molar-refractivity contribution in [1.82, 2.24) is 4.98 Å². The van der Waals surface area contributed by atoms with Crippen molar-refractivity contribution in [3.63, 3.8) is 0 Å². The van der Waals surface area contributed by atoms with E-state index in [9.17, 15) is 4.79 Å². The third-order valence-electron chi connectivity index (χ3n) is 3.93.